The molecule has 2 aliphatic rings. The summed E-state index contributed by atoms with van der Waals surface area (Å²) in [6, 6.07) is 0. The number of ether oxygens (including phenoxy) is 1. The summed E-state index contributed by atoms with van der Waals surface area (Å²) in [5.74, 6) is 0.888. The molecule has 1 aliphatic carbocycles. The number of rotatable bonds is 5. The summed E-state index contributed by atoms with van der Waals surface area (Å²) in [6.45, 7) is 4.19. The van der Waals surface area contributed by atoms with Crippen LogP contribution in [0, 0.1) is 11.3 Å². The van der Waals surface area contributed by atoms with Gasteiger partial charge in [0.15, 0.2) is 0 Å². The Hall–Kier alpha value is -0.120. The summed E-state index contributed by atoms with van der Waals surface area (Å²) in [5.41, 5.74) is 0.0989. The Kier molecular flexibility index (Phi) is 5.46. The highest BCUT2D eigenvalue weighted by molar-refractivity contribution is 4.84. The predicted molar refractivity (Wildman–Crippen MR) is 73.6 cm³/mol. The normalized spacial score (nSPS) is 25.5. The zero-order valence-electron chi connectivity index (χ0n) is 11.9. The van der Waals surface area contributed by atoms with E-state index in [-0.39, 0.29) is 5.41 Å². The first-order valence-electron chi connectivity index (χ1n) is 7.61. The monoisotopic (exact) mass is 255 g/mol. The van der Waals surface area contributed by atoms with Gasteiger partial charge in [0.05, 0.1) is 6.61 Å². The molecular weight excluding hydrogens is 226 g/mol. The van der Waals surface area contributed by atoms with Gasteiger partial charge in [0, 0.05) is 31.7 Å². The molecule has 0 unspecified atom stereocenters. The van der Waals surface area contributed by atoms with Crippen molar-refractivity contribution in [2.24, 2.45) is 11.3 Å². The van der Waals surface area contributed by atoms with Crippen LogP contribution in [0.4, 0.5) is 0 Å². The second kappa shape index (κ2) is 6.88. The van der Waals surface area contributed by atoms with E-state index in [9.17, 15) is 5.11 Å². The molecule has 1 N–H and O–H groups in total. The van der Waals surface area contributed by atoms with E-state index in [0.717, 1.165) is 38.5 Å². The molecule has 1 heterocycles. The Bertz CT molecular complexity index is 233. The largest absolute Gasteiger partial charge is 0.396 e. The molecular formula is C15H29NO2. The molecule has 0 spiro atoms. The van der Waals surface area contributed by atoms with E-state index < -0.39 is 0 Å². The Morgan fingerprint density at radius 2 is 1.83 bits per heavy atom. The zero-order valence-corrected chi connectivity index (χ0v) is 11.9. The number of hydrogen-bond acceptors (Lipinski definition) is 3. The van der Waals surface area contributed by atoms with Gasteiger partial charge in [-0.1, -0.05) is 19.3 Å². The number of aliphatic hydroxyl groups is 1. The van der Waals surface area contributed by atoms with Crippen molar-refractivity contribution in [2.45, 2.75) is 44.9 Å². The van der Waals surface area contributed by atoms with Crippen LogP contribution in [0.2, 0.25) is 0 Å². The van der Waals surface area contributed by atoms with E-state index in [1.165, 1.54) is 38.6 Å². The van der Waals surface area contributed by atoms with Crippen LogP contribution in [0.25, 0.3) is 0 Å². The SMILES string of the molecule is CN(CC1CCCCC1)CC1(CO)CCOCC1. The minimum Gasteiger partial charge on any atom is -0.396 e. The van der Waals surface area contributed by atoms with Gasteiger partial charge in [0.2, 0.25) is 0 Å². The summed E-state index contributed by atoms with van der Waals surface area (Å²) < 4.78 is 5.43. The summed E-state index contributed by atoms with van der Waals surface area (Å²) in [6.07, 6.45) is 9.09. The van der Waals surface area contributed by atoms with Gasteiger partial charge in [-0.15, -0.1) is 0 Å². The van der Waals surface area contributed by atoms with E-state index >= 15 is 0 Å². The molecule has 0 aromatic heterocycles. The van der Waals surface area contributed by atoms with E-state index in [0.29, 0.717) is 6.61 Å². The van der Waals surface area contributed by atoms with Crippen molar-refractivity contribution < 1.29 is 9.84 Å². The highest BCUT2D eigenvalue weighted by atomic mass is 16.5. The van der Waals surface area contributed by atoms with Crippen LogP contribution in [0.3, 0.4) is 0 Å². The molecule has 3 nitrogen and oxygen atoms in total. The molecule has 0 aromatic rings. The second-order valence-electron chi connectivity index (χ2n) is 6.47. The molecule has 18 heavy (non-hydrogen) atoms. The summed E-state index contributed by atoms with van der Waals surface area (Å²) in [7, 11) is 2.22. The van der Waals surface area contributed by atoms with E-state index in [1.54, 1.807) is 0 Å². The highest BCUT2D eigenvalue weighted by Gasteiger charge is 2.33. The molecule has 2 rings (SSSR count). The van der Waals surface area contributed by atoms with Crippen LogP contribution < -0.4 is 0 Å². The van der Waals surface area contributed by atoms with Crippen LogP contribution in [-0.4, -0.2) is 50.0 Å². The Balaban J connectivity index is 1.78. The van der Waals surface area contributed by atoms with Crippen LogP contribution in [0.5, 0.6) is 0 Å². The Morgan fingerprint density at radius 3 is 2.44 bits per heavy atom. The van der Waals surface area contributed by atoms with Crippen molar-refractivity contribution in [3.8, 4) is 0 Å². The molecule has 106 valence electrons. The molecule has 2 fully saturated rings. The predicted octanol–water partition coefficient (Wildman–Crippen LogP) is 2.29. The number of hydrogen-bond donors (Lipinski definition) is 1. The molecule has 0 atom stereocenters. The molecule has 0 amide bonds. The molecule has 1 saturated heterocycles. The Morgan fingerprint density at radius 1 is 1.17 bits per heavy atom. The summed E-state index contributed by atoms with van der Waals surface area (Å²) in [5, 5.41) is 9.71. The van der Waals surface area contributed by atoms with Gasteiger partial charge in [0.1, 0.15) is 0 Å². The minimum absolute atomic E-state index is 0.0989. The van der Waals surface area contributed by atoms with Gasteiger partial charge >= 0.3 is 0 Å². The van der Waals surface area contributed by atoms with E-state index in [1.807, 2.05) is 0 Å². The summed E-state index contributed by atoms with van der Waals surface area (Å²) in [4.78, 5) is 2.46. The van der Waals surface area contributed by atoms with Crippen molar-refractivity contribution in [2.75, 3.05) is 40.0 Å². The highest BCUT2D eigenvalue weighted by Crippen LogP contribution is 2.31. The smallest absolute Gasteiger partial charge is 0.0501 e. The third kappa shape index (κ3) is 3.94. The standard InChI is InChI=1S/C15H29NO2/c1-16(11-14-5-3-2-4-6-14)12-15(13-17)7-9-18-10-8-15/h14,17H,2-13H2,1H3. The first-order valence-corrected chi connectivity index (χ1v) is 7.61. The third-order valence-corrected chi connectivity index (χ3v) is 4.79. The lowest BCUT2D eigenvalue weighted by molar-refractivity contribution is -0.0329. The topological polar surface area (TPSA) is 32.7 Å². The maximum Gasteiger partial charge on any atom is 0.0501 e. The minimum atomic E-state index is 0.0989. The summed E-state index contributed by atoms with van der Waals surface area (Å²) >= 11 is 0. The van der Waals surface area contributed by atoms with Crippen LogP contribution in [-0.2, 0) is 4.74 Å². The van der Waals surface area contributed by atoms with Crippen LogP contribution in [0.1, 0.15) is 44.9 Å². The van der Waals surface area contributed by atoms with Crippen molar-refractivity contribution in [3.05, 3.63) is 0 Å². The quantitative estimate of drug-likeness (QED) is 0.818. The fraction of sp³-hybridized carbons (Fsp3) is 1.00. The molecule has 1 aliphatic heterocycles. The second-order valence-corrected chi connectivity index (χ2v) is 6.47. The van der Waals surface area contributed by atoms with Gasteiger partial charge in [0.25, 0.3) is 0 Å². The van der Waals surface area contributed by atoms with Crippen LogP contribution >= 0.6 is 0 Å². The molecule has 3 heteroatoms. The molecule has 0 aromatic carbocycles. The maximum absolute atomic E-state index is 9.71. The zero-order chi connectivity index (χ0) is 12.8. The lowest BCUT2D eigenvalue weighted by Gasteiger charge is -2.39. The Labute approximate surface area is 112 Å². The van der Waals surface area contributed by atoms with Gasteiger partial charge < -0.3 is 14.7 Å². The van der Waals surface area contributed by atoms with Gasteiger partial charge in [-0.25, -0.2) is 0 Å². The average molecular weight is 255 g/mol. The first kappa shape index (κ1) is 14.3. The fourth-order valence-electron chi connectivity index (χ4n) is 3.62. The maximum atomic E-state index is 9.71. The average Bonchev–Trinajstić information content (AvgIpc) is 2.41. The van der Waals surface area contributed by atoms with Crippen molar-refractivity contribution in [1.82, 2.24) is 4.90 Å². The van der Waals surface area contributed by atoms with Crippen molar-refractivity contribution in [1.29, 1.82) is 0 Å². The van der Waals surface area contributed by atoms with Gasteiger partial charge in [-0.2, -0.15) is 0 Å². The lowest BCUT2D eigenvalue weighted by Crippen LogP contribution is -2.44. The molecule has 0 radical (unpaired) electrons. The van der Waals surface area contributed by atoms with E-state index in [4.69, 9.17) is 4.74 Å². The molecule has 1 saturated carbocycles. The van der Waals surface area contributed by atoms with Crippen molar-refractivity contribution >= 4 is 0 Å². The van der Waals surface area contributed by atoms with Crippen LogP contribution in [0.15, 0.2) is 0 Å². The number of nitrogens with zero attached hydrogens (tertiary/aromatic N) is 1. The molecule has 0 bridgehead atoms. The number of aliphatic hydroxyl groups excluding tert-OH is 1. The van der Waals surface area contributed by atoms with Crippen molar-refractivity contribution in [3.63, 3.8) is 0 Å². The lowest BCUT2D eigenvalue weighted by atomic mass is 9.80. The van der Waals surface area contributed by atoms with Gasteiger partial charge in [-0.05, 0) is 38.6 Å². The fourth-order valence-corrected chi connectivity index (χ4v) is 3.62. The third-order valence-electron chi connectivity index (χ3n) is 4.79. The van der Waals surface area contributed by atoms with E-state index in [2.05, 4.69) is 11.9 Å². The van der Waals surface area contributed by atoms with Gasteiger partial charge in [-0.3, -0.25) is 0 Å². The first-order chi connectivity index (χ1) is 8.74.